The van der Waals surface area contributed by atoms with Crippen LogP contribution in [0.3, 0.4) is 0 Å². The Balaban J connectivity index is 1.51. The van der Waals surface area contributed by atoms with Crippen molar-refractivity contribution in [3.8, 4) is 22.8 Å². The lowest BCUT2D eigenvalue weighted by molar-refractivity contribution is -0.140. The van der Waals surface area contributed by atoms with Crippen molar-refractivity contribution in [3.63, 3.8) is 0 Å². The highest BCUT2D eigenvalue weighted by atomic mass is 19.4. The second-order valence-corrected chi connectivity index (χ2v) is 9.24. The summed E-state index contributed by atoms with van der Waals surface area (Å²) in [5.41, 5.74) is 5.01. The molecular formula is C28H26F3N5O. The molecule has 3 aromatic heterocycles. The zero-order valence-electron chi connectivity index (χ0n) is 20.8. The SMILES string of the molecule is COC(c1ccc(-c2nc(C(F)(F)F)cn2C)cc1)c1c[nH]c2cnc(-c3ccccc3C(C)C)nc12. The second kappa shape index (κ2) is 9.48. The van der Waals surface area contributed by atoms with Crippen molar-refractivity contribution in [2.24, 2.45) is 7.05 Å². The van der Waals surface area contributed by atoms with E-state index in [1.807, 2.05) is 36.5 Å². The van der Waals surface area contributed by atoms with Gasteiger partial charge in [-0.15, -0.1) is 0 Å². The Kier molecular flexibility index (Phi) is 6.33. The zero-order valence-corrected chi connectivity index (χ0v) is 20.8. The highest BCUT2D eigenvalue weighted by Gasteiger charge is 2.34. The molecule has 6 nitrogen and oxygen atoms in total. The first-order valence-corrected chi connectivity index (χ1v) is 11.8. The molecule has 1 atom stereocenters. The Morgan fingerprint density at radius 3 is 2.35 bits per heavy atom. The van der Waals surface area contributed by atoms with Crippen molar-refractivity contribution in [2.75, 3.05) is 7.11 Å². The van der Waals surface area contributed by atoms with E-state index in [4.69, 9.17) is 9.72 Å². The third kappa shape index (κ3) is 4.62. The van der Waals surface area contributed by atoms with Gasteiger partial charge < -0.3 is 14.3 Å². The van der Waals surface area contributed by atoms with Gasteiger partial charge in [0.1, 0.15) is 11.9 Å². The number of fused-ring (bicyclic) bond motifs is 1. The summed E-state index contributed by atoms with van der Waals surface area (Å²) < 4.78 is 46.5. The van der Waals surface area contributed by atoms with Crippen molar-refractivity contribution >= 4 is 11.0 Å². The number of rotatable bonds is 6. The van der Waals surface area contributed by atoms with Gasteiger partial charge in [0.25, 0.3) is 0 Å². The minimum Gasteiger partial charge on any atom is -0.372 e. The average Bonchev–Trinajstić information content (AvgIpc) is 3.48. The molecule has 0 fully saturated rings. The quantitative estimate of drug-likeness (QED) is 0.272. The molecule has 0 radical (unpaired) electrons. The predicted molar refractivity (Wildman–Crippen MR) is 136 cm³/mol. The molecule has 3 heterocycles. The van der Waals surface area contributed by atoms with Gasteiger partial charge in [0.2, 0.25) is 0 Å². The van der Waals surface area contributed by atoms with Gasteiger partial charge in [-0.25, -0.2) is 15.0 Å². The summed E-state index contributed by atoms with van der Waals surface area (Å²) in [7, 11) is 3.16. The number of aromatic amines is 1. The van der Waals surface area contributed by atoms with Gasteiger partial charge in [0, 0.05) is 43.2 Å². The molecule has 0 saturated heterocycles. The fourth-order valence-electron chi connectivity index (χ4n) is 4.59. The molecule has 0 aliphatic rings. The molecule has 37 heavy (non-hydrogen) atoms. The molecule has 0 bridgehead atoms. The first-order valence-electron chi connectivity index (χ1n) is 11.8. The molecule has 190 valence electrons. The largest absolute Gasteiger partial charge is 0.434 e. The maximum absolute atomic E-state index is 13.1. The molecule has 0 saturated carbocycles. The molecule has 0 spiro atoms. The predicted octanol–water partition coefficient (Wildman–Crippen LogP) is 6.90. The maximum atomic E-state index is 13.1. The van der Waals surface area contributed by atoms with Crippen LogP contribution in [0.4, 0.5) is 13.2 Å². The monoisotopic (exact) mass is 505 g/mol. The number of ether oxygens (including phenoxy) is 1. The van der Waals surface area contributed by atoms with E-state index in [9.17, 15) is 13.2 Å². The Labute approximate surface area is 212 Å². The minimum absolute atomic E-state index is 0.237. The molecule has 0 aliphatic heterocycles. The van der Waals surface area contributed by atoms with Crippen molar-refractivity contribution in [2.45, 2.75) is 32.0 Å². The molecule has 9 heteroatoms. The number of benzene rings is 2. The lowest BCUT2D eigenvalue weighted by Gasteiger charge is -2.16. The van der Waals surface area contributed by atoms with E-state index >= 15 is 0 Å². The van der Waals surface area contributed by atoms with E-state index in [2.05, 4.69) is 34.9 Å². The Bertz CT molecular complexity index is 1550. The molecule has 2 aromatic carbocycles. The van der Waals surface area contributed by atoms with Crippen LogP contribution in [0.1, 0.15) is 48.3 Å². The Morgan fingerprint density at radius 2 is 1.70 bits per heavy atom. The summed E-state index contributed by atoms with van der Waals surface area (Å²) in [5, 5.41) is 0. The van der Waals surface area contributed by atoms with Gasteiger partial charge in [-0.1, -0.05) is 62.4 Å². The number of aromatic nitrogens is 5. The number of nitrogens with one attached hydrogen (secondary N) is 1. The number of hydrogen-bond acceptors (Lipinski definition) is 4. The fraction of sp³-hybridized carbons (Fsp3) is 0.250. The van der Waals surface area contributed by atoms with E-state index in [1.165, 1.54) is 10.1 Å². The molecule has 5 aromatic rings. The Morgan fingerprint density at radius 1 is 0.973 bits per heavy atom. The number of imidazole rings is 1. The highest BCUT2D eigenvalue weighted by Crippen LogP contribution is 2.35. The van der Waals surface area contributed by atoms with Crippen LogP contribution < -0.4 is 0 Å². The number of alkyl halides is 3. The number of methoxy groups -OCH3 is 1. The van der Waals surface area contributed by atoms with Gasteiger partial charge in [0.15, 0.2) is 11.5 Å². The summed E-state index contributed by atoms with van der Waals surface area (Å²) >= 11 is 0. The Hall–Kier alpha value is -3.98. The van der Waals surface area contributed by atoms with E-state index in [0.717, 1.165) is 33.9 Å². The van der Waals surface area contributed by atoms with Crippen LogP contribution in [0.5, 0.6) is 0 Å². The van der Waals surface area contributed by atoms with Crippen LogP contribution >= 0.6 is 0 Å². The smallest absolute Gasteiger partial charge is 0.372 e. The number of nitrogens with zero attached hydrogens (tertiary/aromatic N) is 4. The first-order chi connectivity index (χ1) is 17.7. The molecule has 0 amide bonds. The first kappa shape index (κ1) is 24.7. The molecule has 5 rings (SSSR count). The molecular weight excluding hydrogens is 479 g/mol. The standard InChI is InChI=1S/C28H26F3N5O/c1-16(2)19-7-5-6-8-20(19)26-33-14-22-24(35-26)21(13-32-22)25(37-4)17-9-11-18(12-10-17)27-34-23(15-36(27)3)28(29,30)31/h5-16,25,32H,1-4H3. The van der Waals surface area contributed by atoms with E-state index in [0.29, 0.717) is 17.3 Å². The van der Waals surface area contributed by atoms with Crippen LogP contribution in [-0.4, -0.2) is 31.6 Å². The number of aryl methyl sites for hydroxylation is 1. The van der Waals surface area contributed by atoms with Gasteiger partial charge in [-0.3, -0.25) is 0 Å². The van der Waals surface area contributed by atoms with Gasteiger partial charge in [0.05, 0.1) is 17.2 Å². The third-order valence-corrected chi connectivity index (χ3v) is 6.43. The van der Waals surface area contributed by atoms with Crippen LogP contribution in [0.15, 0.2) is 67.1 Å². The summed E-state index contributed by atoms with van der Waals surface area (Å²) in [4.78, 5) is 16.5. The fourth-order valence-corrected chi connectivity index (χ4v) is 4.59. The van der Waals surface area contributed by atoms with Gasteiger partial charge >= 0.3 is 6.18 Å². The summed E-state index contributed by atoms with van der Waals surface area (Å²) in [6.45, 7) is 4.27. The summed E-state index contributed by atoms with van der Waals surface area (Å²) in [6, 6.07) is 15.3. The van der Waals surface area contributed by atoms with Crippen LogP contribution in [-0.2, 0) is 18.0 Å². The average molecular weight is 506 g/mol. The molecule has 1 N–H and O–H groups in total. The van der Waals surface area contributed by atoms with E-state index in [1.54, 1.807) is 32.5 Å². The number of H-pyrrole nitrogens is 1. The topological polar surface area (TPSA) is 68.6 Å². The summed E-state index contributed by atoms with van der Waals surface area (Å²) in [5.74, 6) is 1.19. The van der Waals surface area contributed by atoms with Crippen LogP contribution in [0.2, 0.25) is 0 Å². The second-order valence-electron chi connectivity index (χ2n) is 9.24. The van der Waals surface area contributed by atoms with Crippen molar-refractivity contribution < 1.29 is 17.9 Å². The van der Waals surface area contributed by atoms with E-state index < -0.39 is 18.0 Å². The van der Waals surface area contributed by atoms with Gasteiger partial charge in [-0.2, -0.15) is 13.2 Å². The van der Waals surface area contributed by atoms with Crippen LogP contribution in [0, 0.1) is 0 Å². The lowest BCUT2D eigenvalue weighted by atomic mass is 9.96. The van der Waals surface area contributed by atoms with Crippen molar-refractivity contribution in [1.29, 1.82) is 0 Å². The molecule has 0 aliphatic carbocycles. The normalized spacial score (nSPS) is 13.0. The van der Waals surface area contributed by atoms with Gasteiger partial charge in [-0.05, 0) is 17.0 Å². The maximum Gasteiger partial charge on any atom is 0.434 e. The summed E-state index contributed by atoms with van der Waals surface area (Å²) in [6.07, 6.45) is -0.329. The van der Waals surface area contributed by atoms with Crippen LogP contribution in [0.25, 0.3) is 33.8 Å². The zero-order chi connectivity index (χ0) is 26.3. The van der Waals surface area contributed by atoms with E-state index in [-0.39, 0.29) is 5.82 Å². The third-order valence-electron chi connectivity index (χ3n) is 6.43. The highest BCUT2D eigenvalue weighted by molar-refractivity contribution is 5.81. The van der Waals surface area contributed by atoms with Crippen molar-refractivity contribution in [3.05, 3.63) is 89.5 Å². The van der Waals surface area contributed by atoms with Crippen molar-refractivity contribution in [1.82, 2.24) is 24.5 Å². The molecule has 1 unspecified atom stereocenters. The lowest BCUT2D eigenvalue weighted by Crippen LogP contribution is -2.05. The minimum atomic E-state index is -4.50. The number of halogens is 3. The number of hydrogen-bond donors (Lipinski definition) is 1.